The summed E-state index contributed by atoms with van der Waals surface area (Å²) in [5.41, 5.74) is 4.73. The number of anilines is 1. The Hall–Kier alpha value is -3.04. The molecule has 3 heterocycles. The number of aromatic nitrogens is 5. The number of pyridine rings is 1. The zero-order valence-corrected chi connectivity index (χ0v) is 11.8. The van der Waals surface area contributed by atoms with Crippen LogP contribution < -0.4 is 15.9 Å². The lowest BCUT2D eigenvalue weighted by Gasteiger charge is -2.27. The summed E-state index contributed by atoms with van der Waals surface area (Å²) < 4.78 is 35.0. The number of benzene rings is 1. The smallest absolute Gasteiger partial charge is 0.205 e. The van der Waals surface area contributed by atoms with Crippen molar-refractivity contribution < 1.29 is 13.5 Å². The SMILES string of the molecule is C[C@H]1COc2c(F)c(F)c(N)c3c(=O)c(-c4nnn[nH]4)cn1c23. The zero-order valence-electron chi connectivity index (χ0n) is 11.8. The molecule has 1 aliphatic heterocycles. The number of H-pyrrole nitrogens is 1. The van der Waals surface area contributed by atoms with Crippen LogP contribution >= 0.6 is 0 Å². The second-order valence-corrected chi connectivity index (χ2v) is 5.28. The highest BCUT2D eigenvalue weighted by Crippen LogP contribution is 2.39. The average molecular weight is 320 g/mol. The molecule has 1 atom stereocenters. The number of nitrogen functional groups attached to an aromatic ring is 1. The third kappa shape index (κ3) is 1.68. The molecule has 10 heteroatoms. The summed E-state index contributed by atoms with van der Waals surface area (Å²) >= 11 is 0. The largest absolute Gasteiger partial charge is 0.486 e. The van der Waals surface area contributed by atoms with Crippen LogP contribution in [0.25, 0.3) is 22.3 Å². The van der Waals surface area contributed by atoms with E-state index in [1.54, 1.807) is 4.57 Å². The van der Waals surface area contributed by atoms with Crippen molar-refractivity contribution in [3.8, 4) is 17.1 Å². The Labute approximate surface area is 126 Å². The molecule has 8 nitrogen and oxygen atoms in total. The van der Waals surface area contributed by atoms with Gasteiger partial charge in [0, 0.05) is 6.20 Å². The number of hydrogen-bond donors (Lipinski definition) is 2. The van der Waals surface area contributed by atoms with Gasteiger partial charge in [-0.1, -0.05) is 0 Å². The lowest BCUT2D eigenvalue weighted by molar-refractivity contribution is 0.234. The summed E-state index contributed by atoms with van der Waals surface area (Å²) in [7, 11) is 0. The molecule has 0 saturated heterocycles. The van der Waals surface area contributed by atoms with Gasteiger partial charge >= 0.3 is 0 Å². The van der Waals surface area contributed by atoms with Crippen LogP contribution in [-0.4, -0.2) is 31.8 Å². The third-order valence-corrected chi connectivity index (χ3v) is 3.89. The van der Waals surface area contributed by atoms with E-state index in [-0.39, 0.29) is 40.7 Å². The highest BCUT2D eigenvalue weighted by Gasteiger charge is 2.30. The van der Waals surface area contributed by atoms with E-state index in [4.69, 9.17) is 10.5 Å². The molecule has 0 bridgehead atoms. The van der Waals surface area contributed by atoms with Crippen molar-refractivity contribution >= 4 is 16.6 Å². The molecular weight excluding hydrogens is 310 g/mol. The minimum Gasteiger partial charge on any atom is -0.486 e. The third-order valence-electron chi connectivity index (χ3n) is 3.89. The van der Waals surface area contributed by atoms with Crippen molar-refractivity contribution in [2.75, 3.05) is 12.3 Å². The number of nitrogens with zero attached hydrogens (tertiary/aromatic N) is 4. The van der Waals surface area contributed by atoms with Crippen LogP contribution in [0.2, 0.25) is 0 Å². The summed E-state index contributed by atoms with van der Waals surface area (Å²) in [4.78, 5) is 12.7. The van der Waals surface area contributed by atoms with E-state index in [2.05, 4.69) is 20.6 Å². The first-order chi connectivity index (χ1) is 11.0. The molecule has 0 spiro atoms. The molecule has 3 N–H and O–H groups in total. The summed E-state index contributed by atoms with van der Waals surface area (Å²) in [5, 5.41) is 12.9. The van der Waals surface area contributed by atoms with E-state index in [0.717, 1.165) is 0 Å². The van der Waals surface area contributed by atoms with Crippen molar-refractivity contribution in [3.63, 3.8) is 0 Å². The summed E-state index contributed by atoms with van der Waals surface area (Å²) in [6.07, 6.45) is 1.49. The molecular formula is C13H10F2N6O2. The van der Waals surface area contributed by atoms with Crippen LogP contribution in [0.5, 0.6) is 5.75 Å². The van der Waals surface area contributed by atoms with E-state index in [1.807, 2.05) is 6.92 Å². The first-order valence-electron chi connectivity index (χ1n) is 6.73. The van der Waals surface area contributed by atoms with Crippen molar-refractivity contribution in [1.82, 2.24) is 25.2 Å². The fourth-order valence-electron chi connectivity index (χ4n) is 2.75. The van der Waals surface area contributed by atoms with Crippen molar-refractivity contribution in [2.24, 2.45) is 0 Å². The minimum atomic E-state index is -1.31. The lowest BCUT2D eigenvalue weighted by Crippen LogP contribution is -2.26. The van der Waals surface area contributed by atoms with E-state index >= 15 is 0 Å². The van der Waals surface area contributed by atoms with Crippen LogP contribution in [0.4, 0.5) is 14.5 Å². The number of rotatable bonds is 1. The molecule has 0 radical (unpaired) electrons. The van der Waals surface area contributed by atoms with Gasteiger partial charge < -0.3 is 15.0 Å². The quantitative estimate of drug-likeness (QED) is 0.647. The summed E-state index contributed by atoms with van der Waals surface area (Å²) in [5.74, 6) is -2.71. The Morgan fingerprint density at radius 1 is 1.43 bits per heavy atom. The Morgan fingerprint density at radius 2 is 2.22 bits per heavy atom. The maximum atomic E-state index is 14.1. The van der Waals surface area contributed by atoms with Gasteiger partial charge in [-0.3, -0.25) is 4.79 Å². The van der Waals surface area contributed by atoms with Gasteiger partial charge in [-0.25, -0.2) is 9.49 Å². The van der Waals surface area contributed by atoms with Crippen LogP contribution in [0.3, 0.4) is 0 Å². The summed E-state index contributed by atoms with van der Waals surface area (Å²) in [6, 6.07) is -0.218. The number of halogens is 2. The fourth-order valence-corrected chi connectivity index (χ4v) is 2.75. The van der Waals surface area contributed by atoms with Crippen LogP contribution in [-0.2, 0) is 0 Å². The van der Waals surface area contributed by atoms with Gasteiger partial charge in [0.05, 0.1) is 22.7 Å². The van der Waals surface area contributed by atoms with Gasteiger partial charge in [0.25, 0.3) is 0 Å². The normalized spacial score (nSPS) is 16.6. The molecule has 0 unspecified atom stereocenters. The molecule has 0 fully saturated rings. The number of aromatic amines is 1. The van der Waals surface area contributed by atoms with Crippen LogP contribution in [0.15, 0.2) is 11.0 Å². The molecule has 0 saturated carbocycles. The second kappa shape index (κ2) is 4.48. The van der Waals surface area contributed by atoms with Gasteiger partial charge in [0.2, 0.25) is 11.2 Å². The Morgan fingerprint density at radius 3 is 2.91 bits per heavy atom. The Bertz CT molecular complexity index is 998. The number of nitrogens with one attached hydrogen (secondary N) is 1. The number of nitrogens with two attached hydrogens (primary N) is 1. The monoisotopic (exact) mass is 320 g/mol. The van der Waals surface area contributed by atoms with Crippen molar-refractivity contribution in [1.29, 1.82) is 0 Å². The number of ether oxygens (including phenoxy) is 1. The molecule has 4 rings (SSSR count). The van der Waals surface area contributed by atoms with Crippen LogP contribution in [0.1, 0.15) is 13.0 Å². The maximum Gasteiger partial charge on any atom is 0.205 e. The molecule has 0 aliphatic carbocycles. The van der Waals surface area contributed by atoms with E-state index in [0.29, 0.717) is 0 Å². The average Bonchev–Trinajstić information content (AvgIpc) is 3.06. The highest BCUT2D eigenvalue weighted by atomic mass is 19.2. The molecule has 118 valence electrons. The van der Waals surface area contributed by atoms with E-state index in [1.165, 1.54) is 6.20 Å². The molecule has 1 aromatic carbocycles. The zero-order chi connectivity index (χ0) is 16.3. The van der Waals surface area contributed by atoms with Gasteiger partial charge in [0.1, 0.15) is 12.1 Å². The lowest BCUT2D eigenvalue weighted by atomic mass is 10.1. The minimum absolute atomic E-state index is 0.111. The Balaban J connectivity index is 2.25. The molecule has 1 aliphatic rings. The van der Waals surface area contributed by atoms with Crippen LogP contribution in [0, 0.1) is 11.6 Å². The first kappa shape index (κ1) is 13.6. The molecule has 23 heavy (non-hydrogen) atoms. The molecule has 3 aromatic rings. The Kier molecular flexibility index (Phi) is 2.65. The fraction of sp³-hybridized carbons (Fsp3) is 0.231. The predicted octanol–water partition coefficient (Wildman–Crippen LogP) is 0.995. The highest BCUT2D eigenvalue weighted by molar-refractivity contribution is 5.97. The van der Waals surface area contributed by atoms with Gasteiger partial charge in [0.15, 0.2) is 17.4 Å². The van der Waals surface area contributed by atoms with E-state index < -0.39 is 22.8 Å². The predicted molar refractivity (Wildman–Crippen MR) is 75.9 cm³/mol. The standard InChI is InChI=1S/C13H10F2N6O2/c1-4-3-23-12-8(15)7(14)9(16)6-10(12)21(4)2-5(11(6)22)13-17-19-20-18-13/h2,4H,3,16H2,1H3,(H,17,18,19,20)/t4-/m0/s1. The van der Waals surface area contributed by atoms with Crippen molar-refractivity contribution in [2.45, 2.75) is 13.0 Å². The van der Waals surface area contributed by atoms with E-state index in [9.17, 15) is 13.6 Å². The molecule has 2 aromatic heterocycles. The maximum absolute atomic E-state index is 14.1. The number of hydrogen-bond acceptors (Lipinski definition) is 6. The number of tetrazole rings is 1. The first-order valence-corrected chi connectivity index (χ1v) is 6.73. The van der Waals surface area contributed by atoms with Gasteiger partial charge in [-0.15, -0.1) is 5.10 Å². The topological polar surface area (TPSA) is 112 Å². The summed E-state index contributed by atoms with van der Waals surface area (Å²) in [6.45, 7) is 1.94. The molecule has 0 amide bonds. The van der Waals surface area contributed by atoms with Gasteiger partial charge in [-0.05, 0) is 17.4 Å². The van der Waals surface area contributed by atoms with Gasteiger partial charge in [-0.2, -0.15) is 4.39 Å². The van der Waals surface area contributed by atoms with Crippen molar-refractivity contribution in [3.05, 3.63) is 28.1 Å². The second-order valence-electron chi connectivity index (χ2n) is 5.28.